The van der Waals surface area contributed by atoms with Crippen molar-refractivity contribution in [1.82, 2.24) is 9.55 Å². The van der Waals surface area contributed by atoms with E-state index in [-0.39, 0.29) is 0 Å². The van der Waals surface area contributed by atoms with Gasteiger partial charge in [-0.05, 0) is 18.6 Å². The summed E-state index contributed by atoms with van der Waals surface area (Å²) < 4.78 is 2.50. The smallest absolute Gasteiger partial charge is 0.0723 e. The molecular weight excluding hydrogens is 280 g/mol. The Bertz CT molecular complexity index is 965. The van der Waals surface area contributed by atoms with Crippen molar-refractivity contribution in [2.75, 3.05) is 0 Å². The summed E-state index contributed by atoms with van der Waals surface area (Å²) in [5.74, 6) is 0. The highest BCUT2D eigenvalue weighted by Crippen LogP contribution is 2.33. The molecule has 0 saturated heterocycles. The van der Waals surface area contributed by atoms with Crippen molar-refractivity contribution in [3.63, 3.8) is 0 Å². The summed E-state index contributed by atoms with van der Waals surface area (Å²) in [5, 5.41) is 3.85. The Morgan fingerprint density at radius 2 is 1.61 bits per heavy atom. The van der Waals surface area contributed by atoms with Gasteiger partial charge in [-0.25, -0.2) is 0 Å². The van der Waals surface area contributed by atoms with Crippen LogP contribution in [0.3, 0.4) is 0 Å². The van der Waals surface area contributed by atoms with Crippen molar-refractivity contribution >= 4 is 32.7 Å². The van der Waals surface area contributed by atoms with Crippen molar-refractivity contribution in [2.24, 2.45) is 0 Å². The number of hydrogen-bond acceptors (Lipinski definition) is 1. The van der Waals surface area contributed by atoms with Crippen LogP contribution in [-0.2, 0) is 6.54 Å². The Kier molecular flexibility index (Phi) is 3.74. The number of aryl methyl sites for hydroxylation is 1. The van der Waals surface area contributed by atoms with E-state index in [2.05, 4.69) is 65.0 Å². The van der Waals surface area contributed by atoms with Crippen LogP contribution in [0, 0.1) is 0 Å². The lowest BCUT2D eigenvalue weighted by Crippen LogP contribution is -1.98. The van der Waals surface area contributed by atoms with Crippen molar-refractivity contribution in [3.05, 3.63) is 54.7 Å². The minimum atomic E-state index is 1.08. The molecule has 2 heteroatoms. The molecule has 0 N–H and O–H groups in total. The number of aromatic nitrogens is 2. The van der Waals surface area contributed by atoms with E-state index in [1.807, 2.05) is 6.20 Å². The van der Waals surface area contributed by atoms with E-state index in [4.69, 9.17) is 0 Å². The van der Waals surface area contributed by atoms with E-state index >= 15 is 0 Å². The Hall–Kier alpha value is -2.35. The standard InChI is InChI=1S/C21H22N2/c1-2-3-4-9-14-23-20-13-8-6-10-16(20)18-15-22-19-12-7-5-11-17(19)21(18)23/h5-8,10-13,15H,2-4,9,14H2,1H3. The Labute approximate surface area is 136 Å². The van der Waals surface area contributed by atoms with Crippen LogP contribution in [0.1, 0.15) is 32.6 Å². The molecule has 2 aromatic carbocycles. The molecule has 2 heterocycles. The summed E-state index contributed by atoms with van der Waals surface area (Å²) in [6.07, 6.45) is 7.17. The maximum atomic E-state index is 4.67. The van der Waals surface area contributed by atoms with E-state index in [9.17, 15) is 0 Å². The first-order chi connectivity index (χ1) is 11.4. The van der Waals surface area contributed by atoms with Gasteiger partial charge >= 0.3 is 0 Å². The summed E-state index contributed by atoms with van der Waals surface area (Å²) in [7, 11) is 0. The van der Waals surface area contributed by atoms with Gasteiger partial charge in [0.25, 0.3) is 0 Å². The first-order valence-electron chi connectivity index (χ1n) is 8.65. The maximum absolute atomic E-state index is 4.67. The van der Waals surface area contributed by atoms with Crippen LogP contribution < -0.4 is 0 Å². The molecule has 0 amide bonds. The fourth-order valence-corrected chi connectivity index (χ4v) is 3.60. The topological polar surface area (TPSA) is 17.8 Å². The van der Waals surface area contributed by atoms with Gasteiger partial charge in [0.15, 0.2) is 0 Å². The average molecular weight is 302 g/mol. The van der Waals surface area contributed by atoms with Crippen LogP contribution in [0.4, 0.5) is 0 Å². The average Bonchev–Trinajstić information content (AvgIpc) is 2.93. The predicted octanol–water partition coefficient (Wildman–Crippen LogP) is 5.92. The molecule has 2 nitrogen and oxygen atoms in total. The Morgan fingerprint density at radius 1 is 0.826 bits per heavy atom. The highest BCUT2D eigenvalue weighted by atomic mass is 15.0. The van der Waals surface area contributed by atoms with Crippen LogP contribution in [0.25, 0.3) is 32.7 Å². The zero-order chi connectivity index (χ0) is 15.6. The highest BCUT2D eigenvalue weighted by Gasteiger charge is 2.13. The predicted molar refractivity (Wildman–Crippen MR) is 98.9 cm³/mol. The Morgan fingerprint density at radius 3 is 2.48 bits per heavy atom. The maximum Gasteiger partial charge on any atom is 0.0723 e. The van der Waals surface area contributed by atoms with Gasteiger partial charge in [0, 0.05) is 34.4 Å². The second kappa shape index (κ2) is 6.04. The van der Waals surface area contributed by atoms with E-state index in [0.717, 1.165) is 12.1 Å². The molecule has 0 atom stereocenters. The molecule has 0 saturated carbocycles. The monoisotopic (exact) mass is 302 g/mol. The molecule has 116 valence electrons. The van der Waals surface area contributed by atoms with Crippen LogP contribution in [0.15, 0.2) is 54.7 Å². The van der Waals surface area contributed by atoms with Crippen LogP contribution in [-0.4, -0.2) is 9.55 Å². The number of rotatable bonds is 5. The number of fused-ring (bicyclic) bond motifs is 5. The minimum Gasteiger partial charge on any atom is -0.340 e. The van der Waals surface area contributed by atoms with Gasteiger partial charge in [0.05, 0.1) is 11.0 Å². The number of pyridine rings is 1. The molecule has 0 fully saturated rings. The fraction of sp³-hybridized carbons (Fsp3) is 0.286. The number of para-hydroxylation sites is 2. The van der Waals surface area contributed by atoms with Crippen LogP contribution in [0.2, 0.25) is 0 Å². The van der Waals surface area contributed by atoms with Crippen molar-refractivity contribution in [2.45, 2.75) is 39.2 Å². The molecule has 0 radical (unpaired) electrons. The van der Waals surface area contributed by atoms with E-state index in [1.54, 1.807) is 0 Å². The molecule has 23 heavy (non-hydrogen) atoms. The Balaban J connectivity index is 1.97. The van der Waals surface area contributed by atoms with Crippen molar-refractivity contribution in [1.29, 1.82) is 0 Å². The van der Waals surface area contributed by atoms with E-state index in [0.29, 0.717) is 0 Å². The van der Waals surface area contributed by atoms with Crippen LogP contribution >= 0.6 is 0 Å². The SMILES string of the molecule is CCCCCCn1c2ccccc2c2cnc3ccccc3c21. The summed E-state index contributed by atoms with van der Waals surface area (Å²) >= 11 is 0. The molecule has 0 aliphatic heterocycles. The van der Waals surface area contributed by atoms with Gasteiger partial charge in [-0.3, -0.25) is 4.98 Å². The molecule has 0 spiro atoms. The number of unbranched alkanes of at least 4 members (excludes halogenated alkanes) is 3. The first kappa shape index (κ1) is 14.3. The lowest BCUT2D eigenvalue weighted by Gasteiger charge is -2.09. The number of nitrogens with zero attached hydrogens (tertiary/aromatic N) is 2. The summed E-state index contributed by atoms with van der Waals surface area (Å²) in [6, 6.07) is 17.2. The zero-order valence-corrected chi connectivity index (χ0v) is 13.6. The zero-order valence-electron chi connectivity index (χ0n) is 13.6. The quantitative estimate of drug-likeness (QED) is 0.418. The first-order valence-corrected chi connectivity index (χ1v) is 8.65. The minimum absolute atomic E-state index is 1.08. The lowest BCUT2D eigenvalue weighted by molar-refractivity contribution is 0.603. The molecule has 4 aromatic rings. The molecule has 2 aromatic heterocycles. The number of benzene rings is 2. The lowest BCUT2D eigenvalue weighted by atomic mass is 10.1. The van der Waals surface area contributed by atoms with Gasteiger partial charge in [-0.2, -0.15) is 0 Å². The third kappa shape index (κ3) is 2.39. The second-order valence-electron chi connectivity index (χ2n) is 6.27. The normalized spacial score (nSPS) is 11.7. The third-order valence-corrected chi connectivity index (χ3v) is 4.74. The van der Waals surface area contributed by atoms with Gasteiger partial charge < -0.3 is 4.57 Å². The van der Waals surface area contributed by atoms with Gasteiger partial charge in [-0.15, -0.1) is 0 Å². The third-order valence-electron chi connectivity index (χ3n) is 4.74. The molecule has 0 bridgehead atoms. The molecule has 0 aliphatic carbocycles. The van der Waals surface area contributed by atoms with E-state index < -0.39 is 0 Å². The molecular formula is C21H22N2. The van der Waals surface area contributed by atoms with Crippen molar-refractivity contribution < 1.29 is 0 Å². The van der Waals surface area contributed by atoms with Crippen LogP contribution in [0.5, 0.6) is 0 Å². The second-order valence-corrected chi connectivity index (χ2v) is 6.27. The highest BCUT2D eigenvalue weighted by molar-refractivity contribution is 6.16. The van der Waals surface area contributed by atoms with E-state index in [1.165, 1.54) is 52.9 Å². The molecule has 0 aliphatic rings. The summed E-state index contributed by atoms with van der Waals surface area (Å²) in [5.41, 5.74) is 3.75. The van der Waals surface area contributed by atoms with Gasteiger partial charge in [-0.1, -0.05) is 62.6 Å². The van der Waals surface area contributed by atoms with Crippen molar-refractivity contribution in [3.8, 4) is 0 Å². The summed E-state index contributed by atoms with van der Waals surface area (Å²) in [4.78, 5) is 4.67. The largest absolute Gasteiger partial charge is 0.340 e. The van der Waals surface area contributed by atoms with Gasteiger partial charge in [0.1, 0.15) is 0 Å². The number of hydrogen-bond donors (Lipinski definition) is 0. The summed E-state index contributed by atoms with van der Waals surface area (Å²) in [6.45, 7) is 3.34. The fourth-order valence-electron chi connectivity index (χ4n) is 3.60. The van der Waals surface area contributed by atoms with Gasteiger partial charge in [0.2, 0.25) is 0 Å². The molecule has 4 rings (SSSR count). The molecule has 0 unspecified atom stereocenters.